The van der Waals surface area contributed by atoms with Crippen LogP contribution in [0.4, 0.5) is 0 Å². The Morgan fingerprint density at radius 3 is 2.36 bits per heavy atom. The molecule has 0 radical (unpaired) electrons. The van der Waals surface area contributed by atoms with E-state index >= 15 is 0 Å². The highest BCUT2D eigenvalue weighted by molar-refractivity contribution is 5.82. The molecular weight excluding hydrogens is 328 g/mol. The van der Waals surface area contributed by atoms with E-state index < -0.39 is 5.97 Å². The molecule has 0 bridgehead atoms. The third-order valence-electron chi connectivity index (χ3n) is 4.02. The van der Waals surface area contributed by atoms with Crippen molar-refractivity contribution in [3.05, 3.63) is 24.3 Å². The molecule has 1 fully saturated rings. The lowest BCUT2D eigenvalue weighted by Crippen LogP contribution is -2.43. The fourth-order valence-electron chi connectivity index (χ4n) is 2.56. The number of nitrogens with two attached hydrogens (primary N) is 1. The Morgan fingerprint density at radius 1 is 1.12 bits per heavy atom. The van der Waals surface area contributed by atoms with Crippen LogP contribution in [0.2, 0.25) is 0 Å². The molecule has 1 aliphatic heterocycles. The van der Waals surface area contributed by atoms with Crippen LogP contribution in [0.15, 0.2) is 24.3 Å². The van der Waals surface area contributed by atoms with E-state index in [1.807, 2.05) is 0 Å². The zero-order valence-electron chi connectivity index (χ0n) is 14.1. The average molecular weight is 350 g/mol. The van der Waals surface area contributed by atoms with Crippen LogP contribution in [0.3, 0.4) is 0 Å². The number of likely N-dealkylation sites (tertiary alicyclic amines) is 1. The number of para-hydroxylation sites is 2. The normalized spacial score (nSPS) is 14.7. The fourth-order valence-corrected chi connectivity index (χ4v) is 2.56. The van der Waals surface area contributed by atoms with Crippen LogP contribution >= 0.6 is 0 Å². The molecule has 2 rings (SSSR count). The van der Waals surface area contributed by atoms with Crippen LogP contribution < -0.4 is 15.2 Å². The number of hydrogen-bond acceptors (Lipinski definition) is 6. The molecule has 2 N–H and O–H groups in total. The summed E-state index contributed by atoms with van der Waals surface area (Å²) in [5, 5.41) is 0. The van der Waals surface area contributed by atoms with E-state index in [2.05, 4.69) is 0 Å². The van der Waals surface area contributed by atoms with Gasteiger partial charge in [0.15, 0.2) is 24.7 Å². The van der Waals surface area contributed by atoms with Crippen LogP contribution in [-0.2, 0) is 19.1 Å². The van der Waals surface area contributed by atoms with Crippen molar-refractivity contribution in [2.24, 2.45) is 11.7 Å². The summed E-state index contributed by atoms with van der Waals surface area (Å²) in [7, 11) is 1.50. The topological polar surface area (TPSA) is 108 Å². The molecule has 1 heterocycles. The standard InChI is InChI=1S/C17H22N2O6/c1-23-13-4-2-3-5-14(13)24-11-16(21)25-10-15(20)19-8-6-12(7-9-19)17(18)22/h2-5,12H,6-11H2,1H3,(H2,18,22). The molecule has 0 atom stereocenters. The zero-order valence-corrected chi connectivity index (χ0v) is 14.1. The zero-order chi connectivity index (χ0) is 18.2. The van der Waals surface area contributed by atoms with Crippen molar-refractivity contribution in [2.75, 3.05) is 33.4 Å². The predicted molar refractivity (Wildman–Crippen MR) is 87.9 cm³/mol. The summed E-state index contributed by atoms with van der Waals surface area (Å²) in [6, 6.07) is 6.91. The molecule has 1 saturated heterocycles. The van der Waals surface area contributed by atoms with Crippen LogP contribution in [0.1, 0.15) is 12.8 Å². The van der Waals surface area contributed by atoms with Gasteiger partial charge in [0, 0.05) is 19.0 Å². The summed E-state index contributed by atoms with van der Waals surface area (Å²) in [6.07, 6.45) is 1.07. The molecule has 8 heteroatoms. The van der Waals surface area contributed by atoms with Crippen molar-refractivity contribution < 1.29 is 28.6 Å². The molecule has 0 aliphatic carbocycles. The maximum atomic E-state index is 12.0. The van der Waals surface area contributed by atoms with Crippen molar-refractivity contribution in [3.8, 4) is 11.5 Å². The molecule has 0 unspecified atom stereocenters. The number of rotatable bonds is 7. The van der Waals surface area contributed by atoms with E-state index in [4.69, 9.17) is 19.9 Å². The van der Waals surface area contributed by atoms with Gasteiger partial charge in [-0.1, -0.05) is 12.1 Å². The van der Waals surface area contributed by atoms with Gasteiger partial charge >= 0.3 is 5.97 Å². The number of benzene rings is 1. The molecular formula is C17H22N2O6. The number of primary amides is 1. The quantitative estimate of drug-likeness (QED) is 0.711. The third kappa shape index (κ3) is 5.37. The first-order chi connectivity index (χ1) is 12.0. The van der Waals surface area contributed by atoms with Crippen LogP contribution in [0.5, 0.6) is 11.5 Å². The van der Waals surface area contributed by atoms with Crippen LogP contribution in [0.25, 0.3) is 0 Å². The highest BCUT2D eigenvalue weighted by Crippen LogP contribution is 2.25. The van der Waals surface area contributed by atoms with E-state index in [1.165, 1.54) is 7.11 Å². The largest absolute Gasteiger partial charge is 0.493 e. The summed E-state index contributed by atoms with van der Waals surface area (Å²) >= 11 is 0. The molecule has 0 aromatic heterocycles. The van der Waals surface area contributed by atoms with E-state index in [-0.39, 0.29) is 30.9 Å². The number of carbonyl (C=O) groups is 3. The number of amides is 2. The number of methoxy groups -OCH3 is 1. The third-order valence-corrected chi connectivity index (χ3v) is 4.02. The highest BCUT2D eigenvalue weighted by Gasteiger charge is 2.26. The van der Waals surface area contributed by atoms with Gasteiger partial charge < -0.3 is 24.8 Å². The molecule has 136 valence electrons. The Bertz CT molecular complexity index is 625. The minimum absolute atomic E-state index is 0.194. The van der Waals surface area contributed by atoms with E-state index in [1.54, 1.807) is 29.2 Å². The summed E-state index contributed by atoms with van der Waals surface area (Å²) in [4.78, 5) is 36.4. The smallest absolute Gasteiger partial charge is 0.344 e. The Hall–Kier alpha value is -2.77. The maximum Gasteiger partial charge on any atom is 0.344 e. The molecule has 1 aromatic rings. The fraction of sp³-hybridized carbons (Fsp3) is 0.471. The molecule has 8 nitrogen and oxygen atoms in total. The first kappa shape index (κ1) is 18.6. The minimum Gasteiger partial charge on any atom is -0.493 e. The van der Waals surface area contributed by atoms with Crippen LogP contribution in [0, 0.1) is 5.92 Å². The number of esters is 1. The second-order valence-electron chi connectivity index (χ2n) is 5.66. The van der Waals surface area contributed by atoms with Crippen molar-refractivity contribution in [1.82, 2.24) is 4.90 Å². The van der Waals surface area contributed by atoms with Gasteiger partial charge in [-0.25, -0.2) is 4.79 Å². The Balaban J connectivity index is 1.71. The summed E-state index contributed by atoms with van der Waals surface area (Å²) in [5.74, 6) is -0.557. The summed E-state index contributed by atoms with van der Waals surface area (Å²) in [6.45, 7) is 0.191. The Labute approximate surface area is 145 Å². The van der Waals surface area contributed by atoms with Gasteiger partial charge in [0.1, 0.15) is 0 Å². The maximum absolute atomic E-state index is 12.0. The van der Waals surface area contributed by atoms with E-state index in [0.29, 0.717) is 37.4 Å². The predicted octanol–water partition coefficient (Wildman–Crippen LogP) is 0.341. The highest BCUT2D eigenvalue weighted by atomic mass is 16.6. The van der Waals surface area contributed by atoms with Gasteiger partial charge in [-0.2, -0.15) is 0 Å². The van der Waals surface area contributed by atoms with Crippen molar-refractivity contribution >= 4 is 17.8 Å². The van der Waals surface area contributed by atoms with Crippen molar-refractivity contribution in [3.63, 3.8) is 0 Å². The molecule has 0 spiro atoms. The number of carbonyl (C=O) groups excluding carboxylic acids is 3. The minimum atomic E-state index is -0.647. The van der Waals surface area contributed by atoms with Gasteiger partial charge in [0.2, 0.25) is 5.91 Å². The number of nitrogens with zero attached hydrogens (tertiary/aromatic N) is 1. The van der Waals surface area contributed by atoms with Crippen molar-refractivity contribution in [1.29, 1.82) is 0 Å². The first-order valence-electron chi connectivity index (χ1n) is 7.99. The van der Waals surface area contributed by atoms with Crippen LogP contribution in [-0.4, -0.2) is 56.1 Å². The molecule has 2 amide bonds. The first-order valence-corrected chi connectivity index (χ1v) is 7.99. The van der Waals surface area contributed by atoms with E-state index in [9.17, 15) is 14.4 Å². The van der Waals surface area contributed by atoms with E-state index in [0.717, 1.165) is 0 Å². The number of hydrogen-bond donors (Lipinski definition) is 1. The molecule has 1 aromatic carbocycles. The lowest BCUT2D eigenvalue weighted by atomic mass is 9.96. The summed E-state index contributed by atoms with van der Waals surface area (Å²) < 4.78 is 15.4. The van der Waals surface area contributed by atoms with Gasteiger partial charge in [0.25, 0.3) is 5.91 Å². The second-order valence-corrected chi connectivity index (χ2v) is 5.66. The Kier molecular flexibility index (Phi) is 6.62. The molecule has 25 heavy (non-hydrogen) atoms. The van der Waals surface area contributed by atoms with Gasteiger partial charge in [-0.3, -0.25) is 9.59 Å². The lowest BCUT2D eigenvalue weighted by Gasteiger charge is -2.30. The average Bonchev–Trinajstić information content (AvgIpc) is 2.64. The lowest BCUT2D eigenvalue weighted by molar-refractivity contribution is -0.154. The Morgan fingerprint density at radius 2 is 1.76 bits per heavy atom. The number of ether oxygens (including phenoxy) is 3. The van der Waals surface area contributed by atoms with Gasteiger partial charge in [-0.15, -0.1) is 0 Å². The molecule has 1 aliphatic rings. The van der Waals surface area contributed by atoms with Gasteiger partial charge in [0.05, 0.1) is 7.11 Å². The summed E-state index contributed by atoms with van der Waals surface area (Å²) in [5.41, 5.74) is 5.25. The van der Waals surface area contributed by atoms with Gasteiger partial charge in [-0.05, 0) is 25.0 Å². The monoisotopic (exact) mass is 350 g/mol. The molecule has 0 saturated carbocycles. The SMILES string of the molecule is COc1ccccc1OCC(=O)OCC(=O)N1CCC(C(N)=O)CC1. The number of piperidine rings is 1. The second kappa shape index (κ2) is 8.91. The van der Waals surface area contributed by atoms with Crippen molar-refractivity contribution in [2.45, 2.75) is 12.8 Å².